The fraction of sp³-hybridized carbons (Fsp3) is 0.407. The number of fused-ring (bicyclic) bond motifs is 2. The Balaban J connectivity index is 1.48. The first-order valence-electron chi connectivity index (χ1n) is 12.3. The van der Waals surface area contributed by atoms with Crippen LogP contribution in [0.2, 0.25) is 0 Å². The summed E-state index contributed by atoms with van der Waals surface area (Å²) >= 11 is 0. The van der Waals surface area contributed by atoms with Crippen molar-refractivity contribution in [2.45, 2.75) is 46.1 Å². The Hall–Kier alpha value is -3.95. The predicted molar refractivity (Wildman–Crippen MR) is 136 cm³/mol. The van der Waals surface area contributed by atoms with Crippen molar-refractivity contribution in [1.82, 2.24) is 9.97 Å². The molecule has 5 rings (SSSR count). The van der Waals surface area contributed by atoms with Crippen LogP contribution in [0.3, 0.4) is 0 Å². The third-order valence-electron chi connectivity index (χ3n) is 6.19. The molecule has 1 aromatic carbocycles. The minimum Gasteiger partial charge on any atom is -0.474 e. The number of halogens is 1. The number of nitrogens with zero attached hydrogens (tertiary/aromatic N) is 3. The van der Waals surface area contributed by atoms with Gasteiger partial charge in [0.2, 0.25) is 5.88 Å². The minimum absolute atomic E-state index is 0.272. The Bertz CT molecular complexity index is 1380. The van der Waals surface area contributed by atoms with Crippen LogP contribution in [0.25, 0.3) is 21.9 Å². The molecule has 0 bridgehead atoms. The smallest absolute Gasteiger partial charge is 0.415 e. The molecule has 0 saturated heterocycles. The molecule has 37 heavy (non-hydrogen) atoms. The van der Waals surface area contributed by atoms with Crippen molar-refractivity contribution in [1.29, 1.82) is 0 Å². The number of carbonyl (C=O) groups is 2. The van der Waals surface area contributed by atoms with Crippen molar-refractivity contribution in [2.24, 2.45) is 5.92 Å². The van der Waals surface area contributed by atoms with Gasteiger partial charge in [0.05, 0.1) is 13.2 Å². The maximum atomic E-state index is 15.3. The van der Waals surface area contributed by atoms with E-state index in [1.807, 2.05) is 0 Å². The highest BCUT2D eigenvalue weighted by atomic mass is 19.1. The number of anilines is 2. The quantitative estimate of drug-likeness (QED) is 0.472. The predicted octanol–water partition coefficient (Wildman–Crippen LogP) is 5.84. The highest BCUT2D eigenvalue weighted by Gasteiger charge is 2.32. The van der Waals surface area contributed by atoms with E-state index in [1.54, 1.807) is 39.8 Å². The summed E-state index contributed by atoms with van der Waals surface area (Å²) in [5, 5.41) is 3.86. The molecular weight excluding hydrogens is 479 g/mol. The summed E-state index contributed by atoms with van der Waals surface area (Å²) < 4.78 is 31.8. The molecule has 2 amide bonds. The highest BCUT2D eigenvalue weighted by molar-refractivity contribution is 5.95. The van der Waals surface area contributed by atoms with E-state index in [4.69, 9.17) is 14.2 Å². The molecule has 2 aromatic heterocycles. The zero-order valence-electron chi connectivity index (χ0n) is 21.3. The van der Waals surface area contributed by atoms with Crippen molar-refractivity contribution in [2.75, 3.05) is 30.0 Å². The lowest BCUT2D eigenvalue weighted by Gasteiger charge is -2.32. The fourth-order valence-electron chi connectivity index (χ4n) is 4.17. The minimum atomic E-state index is -0.678. The monoisotopic (exact) mass is 508 g/mol. The summed E-state index contributed by atoms with van der Waals surface area (Å²) in [5.41, 5.74) is 1.21. The Morgan fingerprint density at radius 2 is 1.92 bits per heavy atom. The number of nitrogens with one attached hydrogen (secondary N) is 1. The molecule has 1 N–H and O–H groups in total. The maximum Gasteiger partial charge on any atom is 0.415 e. The number of carbonyl (C=O) groups excluding carboxylic acids is 2. The molecule has 1 fully saturated rings. The van der Waals surface area contributed by atoms with Gasteiger partial charge in [0, 0.05) is 28.9 Å². The van der Waals surface area contributed by atoms with Crippen LogP contribution in [-0.4, -0.2) is 47.5 Å². The van der Waals surface area contributed by atoms with E-state index in [9.17, 15) is 9.59 Å². The summed E-state index contributed by atoms with van der Waals surface area (Å²) in [6, 6.07) is 4.72. The second-order valence-corrected chi connectivity index (χ2v) is 10.3. The first kappa shape index (κ1) is 24.7. The largest absolute Gasteiger partial charge is 0.474 e. The van der Waals surface area contributed by atoms with E-state index in [2.05, 4.69) is 15.3 Å². The van der Waals surface area contributed by atoms with Crippen LogP contribution in [0.5, 0.6) is 5.88 Å². The molecule has 3 heterocycles. The summed E-state index contributed by atoms with van der Waals surface area (Å²) in [6.45, 7) is 8.12. The van der Waals surface area contributed by atoms with Crippen LogP contribution in [0, 0.1) is 18.7 Å². The number of amides is 2. The lowest BCUT2D eigenvalue weighted by Crippen LogP contribution is -2.42. The van der Waals surface area contributed by atoms with Crippen molar-refractivity contribution < 1.29 is 28.2 Å². The Morgan fingerprint density at radius 3 is 2.65 bits per heavy atom. The van der Waals surface area contributed by atoms with E-state index >= 15 is 4.39 Å². The van der Waals surface area contributed by atoms with E-state index < -0.39 is 23.6 Å². The van der Waals surface area contributed by atoms with Crippen LogP contribution >= 0.6 is 0 Å². The Morgan fingerprint density at radius 1 is 1.14 bits per heavy atom. The van der Waals surface area contributed by atoms with E-state index in [-0.39, 0.29) is 13.2 Å². The second kappa shape index (κ2) is 9.49. The molecule has 1 aliphatic carbocycles. The molecule has 0 atom stereocenters. The van der Waals surface area contributed by atoms with Crippen LogP contribution in [-0.2, 0) is 9.47 Å². The van der Waals surface area contributed by atoms with Gasteiger partial charge in [-0.05, 0) is 75.6 Å². The topological polar surface area (TPSA) is 103 Å². The third kappa shape index (κ3) is 5.42. The van der Waals surface area contributed by atoms with Gasteiger partial charge in [-0.2, -0.15) is 0 Å². The molecule has 3 aromatic rings. The standard InChI is InChI=1S/C27H29FN4O5/c1-15-20(13-30-24-23(15)32(7-8-35-24)26(34)37-27(2,3)4)19-9-17-11-22(29-12-18(17)10-21(19)28)31-25(33)36-14-16-5-6-16/h9-13,16H,5-8,14H2,1-4H3,(H,29,31,33). The molecule has 0 unspecified atom stereocenters. The zero-order valence-corrected chi connectivity index (χ0v) is 21.3. The molecule has 1 saturated carbocycles. The highest BCUT2D eigenvalue weighted by Crippen LogP contribution is 2.40. The number of rotatable bonds is 4. The van der Waals surface area contributed by atoms with Crippen molar-refractivity contribution in [3.05, 3.63) is 42.0 Å². The third-order valence-corrected chi connectivity index (χ3v) is 6.19. The number of pyridine rings is 2. The van der Waals surface area contributed by atoms with Crippen molar-refractivity contribution in [3.8, 4) is 17.0 Å². The number of hydrogen-bond donors (Lipinski definition) is 1. The fourth-order valence-corrected chi connectivity index (χ4v) is 4.17. The molecule has 10 heteroatoms. The average Bonchev–Trinajstić information content (AvgIpc) is 3.66. The van der Waals surface area contributed by atoms with Gasteiger partial charge in [0.1, 0.15) is 29.5 Å². The van der Waals surface area contributed by atoms with E-state index in [0.717, 1.165) is 12.8 Å². The Labute approximate surface area is 213 Å². The lowest BCUT2D eigenvalue weighted by atomic mass is 9.98. The zero-order chi connectivity index (χ0) is 26.3. The van der Waals surface area contributed by atoms with Crippen LogP contribution in [0.15, 0.2) is 30.6 Å². The van der Waals surface area contributed by atoms with Gasteiger partial charge in [-0.3, -0.25) is 10.2 Å². The lowest BCUT2D eigenvalue weighted by molar-refractivity contribution is 0.0566. The average molecular weight is 509 g/mol. The van der Waals surface area contributed by atoms with Gasteiger partial charge in [-0.15, -0.1) is 0 Å². The summed E-state index contributed by atoms with van der Waals surface area (Å²) in [7, 11) is 0. The SMILES string of the molecule is Cc1c(-c2cc3cc(NC(=O)OCC4CC4)ncc3cc2F)cnc2c1N(C(=O)OC(C)(C)C)CCO2. The van der Waals surface area contributed by atoms with Gasteiger partial charge in [-0.1, -0.05) is 0 Å². The van der Waals surface area contributed by atoms with E-state index in [0.29, 0.717) is 57.4 Å². The molecule has 2 aliphatic rings. The molecule has 0 radical (unpaired) electrons. The summed E-state index contributed by atoms with van der Waals surface area (Å²) in [5.74, 6) is 0.575. The molecule has 0 spiro atoms. The van der Waals surface area contributed by atoms with Crippen LogP contribution in [0.1, 0.15) is 39.2 Å². The van der Waals surface area contributed by atoms with Crippen molar-refractivity contribution >= 4 is 34.5 Å². The van der Waals surface area contributed by atoms with Gasteiger partial charge < -0.3 is 14.2 Å². The Kier molecular flexibility index (Phi) is 6.35. The molecule has 9 nitrogen and oxygen atoms in total. The van der Waals surface area contributed by atoms with Crippen LogP contribution in [0.4, 0.5) is 25.5 Å². The summed E-state index contributed by atoms with van der Waals surface area (Å²) in [4.78, 5) is 35.1. The number of hydrogen-bond acceptors (Lipinski definition) is 7. The number of aromatic nitrogens is 2. The van der Waals surface area contributed by atoms with Gasteiger partial charge in [-0.25, -0.2) is 23.9 Å². The molecule has 194 valence electrons. The normalized spacial score (nSPS) is 15.1. The first-order chi connectivity index (χ1) is 17.6. The molecular formula is C27H29FN4O5. The van der Waals surface area contributed by atoms with Crippen LogP contribution < -0.4 is 15.0 Å². The van der Waals surface area contributed by atoms with Crippen molar-refractivity contribution in [3.63, 3.8) is 0 Å². The summed E-state index contributed by atoms with van der Waals surface area (Å²) in [6.07, 6.45) is 4.09. The molecule has 1 aliphatic heterocycles. The maximum absolute atomic E-state index is 15.3. The second-order valence-electron chi connectivity index (χ2n) is 10.3. The van der Waals surface area contributed by atoms with Gasteiger partial charge in [0.25, 0.3) is 0 Å². The first-order valence-corrected chi connectivity index (χ1v) is 12.3. The van der Waals surface area contributed by atoms with Gasteiger partial charge in [0.15, 0.2) is 0 Å². The van der Waals surface area contributed by atoms with E-state index in [1.165, 1.54) is 23.4 Å². The van der Waals surface area contributed by atoms with Gasteiger partial charge >= 0.3 is 12.2 Å². The number of benzene rings is 1. The number of ether oxygens (including phenoxy) is 3.